The van der Waals surface area contributed by atoms with E-state index in [1.807, 2.05) is 0 Å². The first-order valence-electron chi connectivity index (χ1n) is 30.1. The Morgan fingerprint density at radius 2 is 0.640 bits per heavy atom. The lowest BCUT2D eigenvalue weighted by molar-refractivity contribution is 0.465. The van der Waals surface area contributed by atoms with Gasteiger partial charge in [0.25, 0.3) is 13.4 Å². The molecule has 6 heteroatoms. The molecular formula is C80H46B2N2O2. The van der Waals surface area contributed by atoms with E-state index in [9.17, 15) is 0 Å². The van der Waals surface area contributed by atoms with E-state index < -0.39 is 10.8 Å². The van der Waals surface area contributed by atoms with Gasteiger partial charge < -0.3 is 18.6 Å². The molecule has 2 aromatic heterocycles. The molecule has 4 aliphatic heterocycles. The van der Waals surface area contributed by atoms with Crippen molar-refractivity contribution in [3.8, 4) is 56.6 Å². The molecular weight excluding hydrogens is 1040 g/mol. The second kappa shape index (κ2) is 16.1. The van der Waals surface area contributed by atoms with Crippen LogP contribution in [0, 0.1) is 0 Å². The van der Waals surface area contributed by atoms with Crippen LogP contribution in [0.15, 0.2) is 279 Å². The molecule has 21 rings (SSSR count). The van der Waals surface area contributed by atoms with Crippen molar-refractivity contribution in [1.29, 1.82) is 0 Å². The molecule has 0 unspecified atom stereocenters. The largest absolute Gasteiger partial charge is 0.458 e. The monoisotopic (exact) mass is 1090 g/mol. The molecule has 0 saturated heterocycles. The number of fused-ring (bicyclic) bond motifs is 22. The lowest BCUT2D eigenvalue weighted by Crippen LogP contribution is -2.62. The van der Waals surface area contributed by atoms with Gasteiger partial charge in [-0.2, -0.15) is 0 Å². The maximum absolute atomic E-state index is 7.33. The number of ether oxygens (including phenoxy) is 2. The van der Waals surface area contributed by atoms with Crippen LogP contribution < -0.4 is 42.3 Å². The molecule has 0 saturated carbocycles. The SMILES string of the molecule is c1ccc(C2(c3ccccc3)c3ccccc3-c3ccc4c5cccc6c5n(c4c32)-c2cccc3c2B6c2cc4c(cc2O3)Oc2cccc3c2B4c2cccc4c5ccc6c(c5n-3c24)C(c2ccccc2)(c2ccccc2)c2ccccc2-6)cc1. The van der Waals surface area contributed by atoms with Crippen molar-refractivity contribution in [3.05, 3.63) is 324 Å². The second-order valence-electron chi connectivity index (χ2n) is 24.4. The molecule has 0 N–H and O–H groups in total. The molecule has 6 aliphatic rings. The Morgan fingerprint density at radius 3 is 1.06 bits per heavy atom. The lowest BCUT2D eigenvalue weighted by Gasteiger charge is -2.38. The Balaban J connectivity index is 0.819. The summed E-state index contributed by atoms with van der Waals surface area (Å²) in [6.45, 7) is -0.241. The van der Waals surface area contributed by atoms with Gasteiger partial charge in [0.15, 0.2) is 0 Å². The van der Waals surface area contributed by atoms with Gasteiger partial charge in [-0.25, -0.2) is 0 Å². The normalized spacial score (nSPS) is 14.8. The summed E-state index contributed by atoms with van der Waals surface area (Å²) in [7, 11) is 0. The van der Waals surface area contributed by atoms with Gasteiger partial charge in [0.1, 0.15) is 23.0 Å². The third kappa shape index (κ3) is 5.26. The highest BCUT2D eigenvalue weighted by molar-refractivity contribution is 7.02. The fourth-order valence-electron chi connectivity index (χ4n) is 17.8. The summed E-state index contributed by atoms with van der Waals surface area (Å²) in [5, 5.41) is 4.99. The van der Waals surface area contributed by atoms with Gasteiger partial charge in [-0.3, -0.25) is 0 Å². The van der Waals surface area contributed by atoms with Gasteiger partial charge >= 0.3 is 0 Å². The quantitative estimate of drug-likeness (QED) is 0.164. The Hall–Kier alpha value is -10.8. The van der Waals surface area contributed by atoms with Gasteiger partial charge in [-0.1, -0.05) is 249 Å². The van der Waals surface area contributed by atoms with E-state index in [1.54, 1.807) is 0 Å². The summed E-state index contributed by atoms with van der Waals surface area (Å²) in [5.41, 5.74) is 28.6. The van der Waals surface area contributed by atoms with Crippen LogP contribution >= 0.6 is 0 Å². The van der Waals surface area contributed by atoms with Crippen molar-refractivity contribution in [1.82, 2.24) is 9.13 Å². The summed E-state index contributed by atoms with van der Waals surface area (Å²) in [6.07, 6.45) is 0. The van der Waals surface area contributed by atoms with Crippen LogP contribution in [0.1, 0.15) is 44.5 Å². The third-order valence-electron chi connectivity index (χ3n) is 20.8. The van der Waals surface area contributed by atoms with E-state index in [4.69, 9.17) is 9.47 Å². The van der Waals surface area contributed by atoms with Crippen molar-refractivity contribution >= 4 is 89.8 Å². The average Bonchev–Trinajstić information content (AvgIpc) is 1.50. The minimum atomic E-state index is -0.600. The van der Waals surface area contributed by atoms with Crippen molar-refractivity contribution in [2.45, 2.75) is 10.8 Å². The summed E-state index contributed by atoms with van der Waals surface area (Å²) in [4.78, 5) is 0. The van der Waals surface area contributed by atoms with E-state index in [0.717, 1.165) is 45.3 Å². The number of benzene rings is 13. The van der Waals surface area contributed by atoms with Crippen molar-refractivity contribution < 1.29 is 9.47 Å². The van der Waals surface area contributed by atoms with Crippen LogP contribution in [0.3, 0.4) is 0 Å². The zero-order valence-corrected chi connectivity index (χ0v) is 46.4. The fraction of sp³-hybridized carbons (Fsp3) is 0.0250. The van der Waals surface area contributed by atoms with Crippen LogP contribution in [0.25, 0.3) is 77.2 Å². The minimum absolute atomic E-state index is 0.121. The lowest BCUT2D eigenvalue weighted by atomic mass is 9.31. The number of para-hydroxylation sites is 2. The topological polar surface area (TPSA) is 28.3 Å². The Kier molecular flexibility index (Phi) is 8.54. The highest BCUT2D eigenvalue weighted by Gasteiger charge is 2.52. The number of hydrogen-bond donors (Lipinski definition) is 0. The molecule has 0 spiro atoms. The van der Waals surface area contributed by atoms with E-state index in [2.05, 4.69) is 288 Å². The zero-order valence-electron chi connectivity index (χ0n) is 46.4. The highest BCUT2D eigenvalue weighted by Crippen LogP contribution is 2.61. The van der Waals surface area contributed by atoms with E-state index >= 15 is 0 Å². The van der Waals surface area contributed by atoms with Crippen LogP contribution in [0.5, 0.6) is 23.0 Å². The first-order valence-corrected chi connectivity index (χ1v) is 30.1. The summed E-state index contributed by atoms with van der Waals surface area (Å²) >= 11 is 0. The Morgan fingerprint density at radius 1 is 0.267 bits per heavy atom. The molecule has 13 aromatic carbocycles. The van der Waals surface area contributed by atoms with Gasteiger partial charge in [-0.05, 0) is 113 Å². The molecule has 4 nitrogen and oxygen atoms in total. The second-order valence-corrected chi connectivity index (χ2v) is 24.4. The van der Waals surface area contributed by atoms with E-state index in [0.29, 0.717) is 0 Å². The summed E-state index contributed by atoms with van der Waals surface area (Å²) < 4.78 is 19.9. The number of aromatic nitrogens is 2. The van der Waals surface area contributed by atoms with Crippen molar-refractivity contribution in [2.24, 2.45) is 0 Å². The molecule has 15 aromatic rings. The molecule has 394 valence electrons. The third-order valence-corrected chi connectivity index (χ3v) is 20.8. The predicted molar refractivity (Wildman–Crippen MR) is 352 cm³/mol. The first-order chi connectivity index (χ1) is 42.7. The van der Waals surface area contributed by atoms with Gasteiger partial charge in [0.2, 0.25) is 0 Å². The molecule has 86 heavy (non-hydrogen) atoms. The number of nitrogens with zero attached hydrogens (tertiary/aromatic N) is 2. The van der Waals surface area contributed by atoms with E-state index in [1.165, 1.54) is 132 Å². The van der Waals surface area contributed by atoms with Gasteiger partial charge in [0.05, 0.1) is 21.9 Å². The number of rotatable bonds is 4. The maximum atomic E-state index is 7.33. The standard InChI is InChI=1S/C80H46B2N2O2/c1-5-21-47(22-6-1)79(48-23-7-2-8-24-48)59-33-15-13-29-51(59)53-41-43-57-55-31-17-35-61-75(55)83(77(57)71(53)79)65-37-19-39-67-73(65)81(61)63-45-64-70(46-69(63)85-67)86-68-40-20-38-66-74(68)82(64)62-36-18-32-56-58-44-42-54-52-30-14-16-34-60(52)80(49-25-9-3-10-26-49,50-27-11-4-12-28-50)72(54)78(58)84(66)76(56)62/h1-46H. The predicted octanol–water partition coefficient (Wildman–Crippen LogP) is 14.5. The maximum Gasteiger partial charge on any atom is 0.256 e. The Bertz CT molecular complexity index is 5130. The highest BCUT2D eigenvalue weighted by atomic mass is 16.5. The molecule has 0 atom stereocenters. The molecule has 0 fully saturated rings. The van der Waals surface area contributed by atoms with Gasteiger partial charge in [-0.15, -0.1) is 0 Å². The molecule has 2 aliphatic carbocycles. The van der Waals surface area contributed by atoms with Crippen LogP contribution in [0.4, 0.5) is 0 Å². The smallest absolute Gasteiger partial charge is 0.256 e. The first kappa shape index (κ1) is 45.7. The van der Waals surface area contributed by atoms with Crippen molar-refractivity contribution in [3.63, 3.8) is 0 Å². The summed E-state index contributed by atoms with van der Waals surface area (Å²) in [5.74, 6) is 3.42. The molecule has 0 radical (unpaired) electrons. The molecule has 0 amide bonds. The van der Waals surface area contributed by atoms with Crippen LogP contribution in [-0.2, 0) is 10.8 Å². The van der Waals surface area contributed by atoms with Gasteiger partial charge in [0, 0.05) is 61.1 Å². The zero-order chi connectivity index (χ0) is 55.7. The van der Waals surface area contributed by atoms with Crippen LogP contribution in [0.2, 0.25) is 0 Å². The van der Waals surface area contributed by atoms with Crippen LogP contribution in [-0.4, -0.2) is 22.6 Å². The van der Waals surface area contributed by atoms with E-state index in [-0.39, 0.29) is 13.4 Å². The number of hydrogen-bond acceptors (Lipinski definition) is 2. The fourth-order valence-corrected chi connectivity index (χ4v) is 17.8. The molecule has 0 bridgehead atoms. The summed E-state index contributed by atoms with van der Waals surface area (Å²) in [6, 6.07) is 105. The minimum Gasteiger partial charge on any atom is -0.458 e. The average molecular weight is 1090 g/mol. The Labute approximate surface area is 496 Å². The van der Waals surface area contributed by atoms with Crippen molar-refractivity contribution in [2.75, 3.05) is 0 Å². The molecule has 6 heterocycles.